The monoisotopic (exact) mass is 314 g/mol. The summed E-state index contributed by atoms with van der Waals surface area (Å²) in [6.45, 7) is 1.42. The van der Waals surface area contributed by atoms with Crippen molar-refractivity contribution in [2.45, 2.75) is 31.7 Å². The Bertz CT molecular complexity index is 595. The van der Waals surface area contributed by atoms with Gasteiger partial charge in [-0.1, -0.05) is 24.3 Å². The number of carbonyl (C=O) groups is 1. The number of allylic oxidation sites excluding steroid dienone is 2. The van der Waals surface area contributed by atoms with E-state index in [0.717, 1.165) is 38.0 Å². The van der Waals surface area contributed by atoms with Gasteiger partial charge >= 0.3 is 0 Å². The molecule has 0 saturated heterocycles. The summed E-state index contributed by atoms with van der Waals surface area (Å²) in [5, 5.41) is 3.15. The van der Waals surface area contributed by atoms with Crippen LogP contribution in [0.15, 0.2) is 30.4 Å². The fourth-order valence-electron chi connectivity index (χ4n) is 3.39. The van der Waals surface area contributed by atoms with Gasteiger partial charge in [-0.15, -0.1) is 0 Å². The van der Waals surface area contributed by atoms with Crippen molar-refractivity contribution in [1.29, 1.82) is 0 Å². The molecule has 0 spiro atoms. The van der Waals surface area contributed by atoms with Crippen molar-refractivity contribution in [3.05, 3.63) is 41.5 Å². The van der Waals surface area contributed by atoms with E-state index in [2.05, 4.69) is 54.7 Å². The molecule has 4 nitrogen and oxygen atoms in total. The van der Waals surface area contributed by atoms with Crippen LogP contribution in [0.2, 0.25) is 0 Å². The molecule has 0 fully saturated rings. The lowest BCUT2D eigenvalue weighted by molar-refractivity contribution is -0.125. The molecule has 23 heavy (non-hydrogen) atoms. The number of hydrogen-bond acceptors (Lipinski definition) is 3. The highest BCUT2D eigenvalue weighted by Gasteiger charge is 2.22. The number of ether oxygens (including phenoxy) is 1. The summed E-state index contributed by atoms with van der Waals surface area (Å²) in [6, 6.07) is 6.58. The first-order valence-corrected chi connectivity index (χ1v) is 8.50. The van der Waals surface area contributed by atoms with Gasteiger partial charge in [-0.25, -0.2) is 0 Å². The fourth-order valence-corrected chi connectivity index (χ4v) is 3.39. The summed E-state index contributed by atoms with van der Waals surface area (Å²) in [4.78, 5) is 14.5. The minimum absolute atomic E-state index is 0.135. The lowest BCUT2D eigenvalue weighted by Crippen LogP contribution is -2.38. The van der Waals surface area contributed by atoms with Gasteiger partial charge in [0.1, 0.15) is 5.75 Å². The van der Waals surface area contributed by atoms with Crippen LogP contribution in [0.1, 0.15) is 36.4 Å². The molecule has 1 heterocycles. The predicted molar refractivity (Wildman–Crippen MR) is 91.6 cm³/mol. The highest BCUT2D eigenvalue weighted by molar-refractivity contribution is 5.79. The van der Waals surface area contributed by atoms with Crippen molar-refractivity contribution in [3.8, 4) is 5.75 Å². The summed E-state index contributed by atoms with van der Waals surface area (Å²) in [6.07, 6.45) is 8.11. The zero-order valence-electron chi connectivity index (χ0n) is 14.0. The van der Waals surface area contributed by atoms with Crippen LogP contribution in [0.5, 0.6) is 5.75 Å². The number of nitrogens with zero attached hydrogens (tertiary/aromatic N) is 1. The van der Waals surface area contributed by atoms with Gasteiger partial charge in [-0.3, -0.25) is 4.79 Å². The second kappa shape index (κ2) is 7.18. The Balaban J connectivity index is 1.65. The number of nitrogens with one attached hydrogen (secondary N) is 1. The molecule has 0 saturated carbocycles. The summed E-state index contributed by atoms with van der Waals surface area (Å²) < 4.78 is 5.58. The molecule has 1 N–H and O–H groups in total. The standard InChI is InChI=1S/C19H26N2O2/c1-21(2)17(13-20-19(22)14-6-4-3-5-7-14)15-8-9-18-16(12-15)10-11-23-18/h3-4,8-9,12,14,17H,5-7,10-11,13H2,1-2H3,(H,20,22). The Morgan fingerprint density at radius 2 is 2.26 bits per heavy atom. The smallest absolute Gasteiger partial charge is 0.223 e. The zero-order valence-corrected chi connectivity index (χ0v) is 14.0. The molecule has 3 rings (SSSR count). The highest BCUT2D eigenvalue weighted by atomic mass is 16.5. The molecular weight excluding hydrogens is 288 g/mol. The molecule has 0 radical (unpaired) electrons. The Labute approximate surface area is 138 Å². The van der Waals surface area contributed by atoms with Crippen LogP contribution in [-0.2, 0) is 11.2 Å². The van der Waals surface area contributed by atoms with Gasteiger partial charge < -0.3 is 15.0 Å². The maximum atomic E-state index is 12.4. The first kappa shape index (κ1) is 16.1. The van der Waals surface area contributed by atoms with E-state index in [0.29, 0.717) is 6.54 Å². The lowest BCUT2D eigenvalue weighted by atomic mass is 9.93. The maximum absolute atomic E-state index is 12.4. The van der Waals surface area contributed by atoms with Crippen molar-refractivity contribution >= 4 is 5.91 Å². The molecule has 2 unspecified atom stereocenters. The molecule has 1 aromatic carbocycles. The van der Waals surface area contributed by atoms with E-state index < -0.39 is 0 Å². The first-order valence-electron chi connectivity index (χ1n) is 8.50. The Hall–Kier alpha value is -1.81. The minimum Gasteiger partial charge on any atom is -0.493 e. The SMILES string of the molecule is CN(C)C(CNC(=O)C1CC=CCC1)c1ccc2c(c1)CCO2. The topological polar surface area (TPSA) is 41.6 Å². The molecule has 0 bridgehead atoms. The van der Waals surface area contributed by atoms with E-state index >= 15 is 0 Å². The number of carbonyl (C=O) groups excluding carboxylic acids is 1. The van der Waals surface area contributed by atoms with Crippen molar-refractivity contribution in [3.63, 3.8) is 0 Å². The Morgan fingerprint density at radius 1 is 1.39 bits per heavy atom. The van der Waals surface area contributed by atoms with Gasteiger partial charge in [-0.2, -0.15) is 0 Å². The Morgan fingerprint density at radius 3 is 3.00 bits per heavy atom. The van der Waals surface area contributed by atoms with Gasteiger partial charge in [0, 0.05) is 18.9 Å². The lowest BCUT2D eigenvalue weighted by Gasteiger charge is -2.27. The van der Waals surface area contributed by atoms with Crippen LogP contribution < -0.4 is 10.1 Å². The maximum Gasteiger partial charge on any atom is 0.223 e. The third-order valence-corrected chi connectivity index (χ3v) is 4.83. The quantitative estimate of drug-likeness (QED) is 0.850. The van der Waals surface area contributed by atoms with E-state index in [1.165, 1.54) is 11.1 Å². The van der Waals surface area contributed by atoms with Crippen molar-refractivity contribution in [2.24, 2.45) is 5.92 Å². The van der Waals surface area contributed by atoms with E-state index in [1.54, 1.807) is 0 Å². The highest BCUT2D eigenvalue weighted by Crippen LogP contribution is 2.29. The molecule has 1 aliphatic heterocycles. The van der Waals surface area contributed by atoms with Crippen LogP contribution in [0.25, 0.3) is 0 Å². The second-order valence-corrected chi connectivity index (χ2v) is 6.67. The van der Waals surface area contributed by atoms with Crippen molar-refractivity contribution in [1.82, 2.24) is 10.2 Å². The second-order valence-electron chi connectivity index (χ2n) is 6.67. The van der Waals surface area contributed by atoms with E-state index in [-0.39, 0.29) is 17.9 Å². The zero-order chi connectivity index (χ0) is 16.2. The van der Waals surface area contributed by atoms with Crippen LogP contribution in [-0.4, -0.2) is 38.1 Å². The molecule has 1 aromatic rings. The van der Waals surface area contributed by atoms with Crippen LogP contribution in [0.4, 0.5) is 0 Å². The van der Waals surface area contributed by atoms with Crippen molar-refractivity contribution in [2.75, 3.05) is 27.2 Å². The molecule has 4 heteroatoms. The van der Waals surface area contributed by atoms with Gasteiger partial charge in [0.25, 0.3) is 0 Å². The minimum atomic E-state index is 0.135. The summed E-state index contributed by atoms with van der Waals surface area (Å²) in [5.41, 5.74) is 2.51. The van der Waals surface area contributed by atoms with Gasteiger partial charge in [-0.05, 0) is 50.6 Å². The predicted octanol–water partition coefficient (Wildman–Crippen LogP) is 2.70. The van der Waals surface area contributed by atoms with E-state index in [1.807, 2.05) is 0 Å². The largest absolute Gasteiger partial charge is 0.493 e. The average molecular weight is 314 g/mol. The van der Waals surface area contributed by atoms with Crippen LogP contribution in [0, 0.1) is 5.92 Å². The summed E-state index contributed by atoms with van der Waals surface area (Å²) in [7, 11) is 4.12. The first-order chi connectivity index (χ1) is 11.1. The molecule has 2 atom stereocenters. The van der Waals surface area contributed by atoms with E-state index in [9.17, 15) is 4.79 Å². The number of likely N-dealkylation sites (N-methyl/N-ethyl adjacent to an activating group) is 1. The third kappa shape index (κ3) is 3.75. The molecule has 124 valence electrons. The molecule has 1 amide bonds. The summed E-state index contributed by atoms with van der Waals surface area (Å²) >= 11 is 0. The van der Waals surface area contributed by atoms with Crippen molar-refractivity contribution < 1.29 is 9.53 Å². The van der Waals surface area contributed by atoms with E-state index in [4.69, 9.17) is 4.74 Å². The summed E-state index contributed by atoms with van der Waals surface area (Å²) in [5.74, 6) is 1.33. The third-order valence-electron chi connectivity index (χ3n) is 4.83. The van der Waals surface area contributed by atoms with Crippen LogP contribution >= 0.6 is 0 Å². The molecule has 1 aliphatic carbocycles. The average Bonchev–Trinajstić information content (AvgIpc) is 3.03. The molecule has 0 aromatic heterocycles. The fraction of sp³-hybridized carbons (Fsp3) is 0.526. The number of rotatable bonds is 5. The normalized spacial score (nSPS) is 20.9. The molecular formula is C19H26N2O2. The van der Waals surface area contributed by atoms with Gasteiger partial charge in [0.05, 0.1) is 12.6 Å². The Kier molecular flexibility index (Phi) is 5.01. The van der Waals surface area contributed by atoms with Gasteiger partial charge in [0.2, 0.25) is 5.91 Å². The number of hydrogen-bond donors (Lipinski definition) is 1. The van der Waals surface area contributed by atoms with Gasteiger partial charge in [0.15, 0.2) is 0 Å². The number of fused-ring (bicyclic) bond motifs is 1. The number of amides is 1. The molecule has 2 aliphatic rings. The van der Waals surface area contributed by atoms with Crippen LogP contribution in [0.3, 0.4) is 0 Å². The number of benzene rings is 1.